The van der Waals surface area contributed by atoms with Gasteiger partial charge in [-0.2, -0.15) is 0 Å². The molecule has 21 heavy (non-hydrogen) atoms. The predicted octanol–water partition coefficient (Wildman–Crippen LogP) is 4.01. The normalized spacial score (nSPS) is 20.9. The summed E-state index contributed by atoms with van der Waals surface area (Å²) in [6.45, 7) is 0. The van der Waals surface area contributed by atoms with Crippen LogP contribution in [0.25, 0.3) is 0 Å². The Labute approximate surface area is 131 Å². The molecule has 0 bridgehead atoms. The summed E-state index contributed by atoms with van der Waals surface area (Å²) in [5.41, 5.74) is 4.11. The maximum Gasteiger partial charge on any atom is 0.137 e. The van der Waals surface area contributed by atoms with E-state index in [9.17, 15) is 0 Å². The molecule has 2 atom stereocenters. The number of halogens is 1. The maximum absolute atomic E-state index is 6.17. The minimum atomic E-state index is 0.339. The average molecular weight is 302 g/mol. The zero-order valence-electron chi connectivity index (χ0n) is 12.4. The van der Waals surface area contributed by atoms with Gasteiger partial charge in [0, 0.05) is 12.0 Å². The number of hydrogen-bond acceptors (Lipinski definition) is 2. The van der Waals surface area contributed by atoms with Crippen LogP contribution in [0, 0.1) is 0 Å². The average Bonchev–Trinajstić information content (AvgIpc) is 2.54. The minimum absolute atomic E-state index is 0.339. The Bertz CT molecular complexity index is 641. The van der Waals surface area contributed by atoms with E-state index >= 15 is 0 Å². The molecule has 110 valence electrons. The first-order valence-corrected chi connectivity index (χ1v) is 7.71. The Kier molecular flexibility index (Phi) is 4.18. The van der Waals surface area contributed by atoms with Crippen molar-refractivity contribution in [3.8, 4) is 5.75 Å². The van der Waals surface area contributed by atoms with E-state index in [1.807, 2.05) is 13.1 Å². The molecule has 3 rings (SSSR count). The van der Waals surface area contributed by atoms with Gasteiger partial charge in [-0.15, -0.1) is 0 Å². The molecule has 1 N–H and O–H groups in total. The smallest absolute Gasteiger partial charge is 0.137 e. The van der Waals surface area contributed by atoms with Crippen molar-refractivity contribution < 1.29 is 4.74 Å². The molecule has 2 aromatic carbocycles. The summed E-state index contributed by atoms with van der Waals surface area (Å²) in [7, 11) is 3.70. The van der Waals surface area contributed by atoms with Crippen molar-refractivity contribution in [2.24, 2.45) is 0 Å². The molecule has 0 saturated carbocycles. The molecule has 1 aliphatic rings. The number of nitrogens with one attached hydrogen (secondary N) is 1. The van der Waals surface area contributed by atoms with Gasteiger partial charge in [-0.05, 0) is 48.7 Å². The Morgan fingerprint density at radius 3 is 2.76 bits per heavy atom. The maximum atomic E-state index is 6.17. The number of rotatable bonds is 3. The summed E-state index contributed by atoms with van der Waals surface area (Å²) < 4.78 is 5.38. The number of methoxy groups -OCH3 is 1. The van der Waals surface area contributed by atoms with Crippen LogP contribution in [0.15, 0.2) is 42.5 Å². The largest absolute Gasteiger partial charge is 0.495 e. The molecule has 0 spiro atoms. The van der Waals surface area contributed by atoms with E-state index in [1.165, 1.54) is 16.7 Å². The molecular formula is C18H20ClNO. The highest BCUT2D eigenvalue weighted by molar-refractivity contribution is 6.32. The molecule has 0 amide bonds. The third-order valence-electron chi connectivity index (χ3n) is 4.42. The second-order valence-electron chi connectivity index (χ2n) is 5.50. The molecule has 0 radical (unpaired) electrons. The summed E-state index contributed by atoms with van der Waals surface area (Å²) in [5.74, 6) is 1.08. The van der Waals surface area contributed by atoms with Gasteiger partial charge in [0.15, 0.2) is 0 Å². The van der Waals surface area contributed by atoms with Gasteiger partial charge in [0.05, 0.1) is 12.1 Å². The van der Waals surface area contributed by atoms with E-state index in [2.05, 4.69) is 41.7 Å². The third-order valence-corrected chi connectivity index (χ3v) is 4.73. The van der Waals surface area contributed by atoms with Crippen LogP contribution in [-0.2, 0) is 6.42 Å². The van der Waals surface area contributed by atoms with Gasteiger partial charge in [-0.1, -0.05) is 41.9 Å². The quantitative estimate of drug-likeness (QED) is 0.924. The highest BCUT2D eigenvalue weighted by Gasteiger charge is 2.30. The van der Waals surface area contributed by atoms with Crippen molar-refractivity contribution in [3.63, 3.8) is 0 Å². The van der Waals surface area contributed by atoms with Crippen molar-refractivity contribution in [2.45, 2.75) is 24.8 Å². The number of ether oxygens (including phenoxy) is 1. The van der Waals surface area contributed by atoms with Crippen LogP contribution in [0.5, 0.6) is 5.75 Å². The molecule has 1 aliphatic carbocycles. The van der Waals surface area contributed by atoms with Gasteiger partial charge in [-0.25, -0.2) is 0 Å². The van der Waals surface area contributed by atoms with E-state index in [1.54, 1.807) is 7.11 Å². The molecule has 3 heteroatoms. The second-order valence-corrected chi connectivity index (χ2v) is 5.91. The summed E-state index contributed by atoms with van der Waals surface area (Å²) >= 11 is 6.17. The number of aryl methyl sites for hydroxylation is 1. The lowest BCUT2D eigenvalue weighted by molar-refractivity contribution is 0.411. The summed E-state index contributed by atoms with van der Waals surface area (Å²) in [6, 6.07) is 15.3. The van der Waals surface area contributed by atoms with Crippen LogP contribution >= 0.6 is 11.6 Å². The molecular weight excluding hydrogens is 282 g/mol. The van der Waals surface area contributed by atoms with Gasteiger partial charge in [0.2, 0.25) is 0 Å². The first kappa shape index (κ1) is 14.4. The number of likely N-dealkylation sites (N-methyl/N-ethyl adjacent to an activating group) is 1. The molecule has 0 aliphatic heterocycles. The predicted molar refractivity (Wildman–Crippen MR) is 87.5 cm³/mol. The topological polar surface area (TPSA) is 21.3 Å². The highest BCUT2D eigenvalue weighted by Crippen LogP contribution is 2.39. The van der Waals surface area contributed by atoms with Crippen LogP contribution in [0.2, 0.25) is 5.02 Å². The fourth-order valence-electron chi connectivity index (χ4n) is 3.35. The third kappa shape index (κ3) is 2.66. The zero-order chi connectivity index (χ0) is 14.8. The molecule has 0 saturated heterocycles. The van der Waals surface area contributed by atoms with Crippen LogP contribution in [0.1, 0.15) is 29.0 Å². The van der Waals surface area contributed by atoms with Gasteiger partial charge >= 0.3 is 0 Å². The Morgan fingerprint density at radius 1 is 1.19 bits per heavy atom. The number of benzene rings is 2. The van der Waals surface area contributed by atoms with E-state index in [0.29, 0.717) is 17.0 Å². The Hall–Kier alpha value is -1.51. The van der Waals surface area contributed by atoms with Gasteiger partial charge in [0.25, 0.3) is 0 Å². The lowest BCUT2D eigenvalue weighted by Gasteiger charge is -2.34. The Morgan fingerprint density at radius 2 is 2.00 bits per heavy atom. The van der Waals surface area contributed by atoms with E-state index in [-0.39, 0.29) is 0 Å². The summed E-state index contributed by atoms with van der Waals surface area (Å²) in [6.07, 6.45) is 2.27. The van der Waals surface area contributed by atoms with Crippen LogP contribution in [0.3, 0.4) is 0 Å². The Balaban J connectivity index is 2.10. The summed E-state index contributed by atoms with van der Waals surface area (Å²) in [5, 5.41) is 4.13. The lowest BCUT2D eigenvalue weighted by Crippen LogP contribution is -2.36. The van der Waals surface area contributed by atoms with Crippen molar-refractivity contribution in [1.29, 1.82) is 0 Å². The molecule has 0 fully saturated rings. The van der Waals surface area contributed by atoms with Crippen molar-refractivity contribution >= 4 is 11.6 Å². The van der Waals surface area contributed by atoms with Crippen molar-refractivity contribution in [3.05, 3.63) is 64.2 Å². The molecule has 2 nitrogen and oxygen atoms in total. The SMILES string of the molecule is CN[C@H]1CCc2ccccc2[C@H]1c1ccc(Cl)c(OC)c1. The van der Waals surface area contributed by atoms with Crippen LogP contribution < -0.4 is 10.1 Å². The molecule has 2 aromatic rings. The standard InChI is InChI=1S/C18H20ClNO/c1-20-16-10-8-12-5-3-4-6-14(12)18(16)13-7-9-15(19)17(11-13)21-2/h3-7,9,11,16,18,20H,8,10H2,1-2H3/t16-,18+/m0/s1. The van der Waals surface area contributed by atoms with Gasteiger partial charge < -0.3 is 10.1 Å². The fourth-order valence-corrected chi connectivity index (χ4v) is 3.55. The highest BCUT2D eigenvalue weighted by atomic mass is 35.5. The van der Waals surface area contributed by atoms with Crippen LogP contribution in [-0.4, -0.2) is 20.2 Å². The van der Waals surface area contributed by atoms with Gasteiger partial charge in [0.1, 0.15) is 5.75 Å². The fraction of sp³-hybridized carbons (Fsp3) is 0.333. The first-order valence-electron chi connectivity index (χ1n) is 7.33. The lowest BCUT2D eigenvalue weighted by atomic mass is 9.75. The minimum Gasteiger partial charge on any atom is -0.495 e. The zero-order valence-corrected chi connectivity index (χ0v) is 13.2. The second kappa shape index (κ2) is 6.08. The summed E-state index contributed by atoms with van der Waals surface area (Å²) in [4.78, 5) is 0. The number of hydrogen-bond donors (Lipinski definition) is 1. The van der Waals surface area contributed by atoms with E-state index in [0.717, 1.165) is 18.6 Å². The monoisotopic (exact) mass is 301 g/mol. The van der Waals surface area contributed by atoms with Crippen LogP contribution in [0.4, 0.5) is 0 Å². The molecule has 0 heterocycles. The van der Waals surface area contributed by atoms with E-state index < -0.39 is 0 Å². The molecule has 0 unspecified atom stereocenters. The van der Waals surface area contributed by atoms with Crippen molar-refractivity contribution in [2.75, 3.05) is 14.2 Å². The first-order chi connectivity index (χ1) is 10.2. The molecule has 0 aromatic heterocycles. The van der Waals surface area contributed by atoms with E-state index in [4.69, 9.17) is 16.3 Å². The van der Waals surface area contributed by atoms with Gasteiger partial charge in [-0.3, -0.25) is 0 Å². The van der Waals surface area contributed by atoms with Crippen molar-refractivity contribution in [1.82, 2.24) is 5.32 Å². The number of fused-ring (bicyclic) bond motifs is 1.